The molecule has 0 saturated carbocycles. The second-order valence-corrected chi connectivity index (χ2v) is 9.72. The number of hydrogen-bond donors (Lipinski definition) is 1. The van der Waals surface area contributed by atoms with Gasteiger partial charge >= 0.3 is 5.97 Å². The number of aromatic carboxylic acids is 1. The van der Waals surface area contributed by atoms with Crippen molar-refractivity contribution in [2.75, 3.05) is 13.7 Å². The SMILES string of the molecule is C=CCc1cc(/C=C2\SC(=Nc3ccc(C(=O)O)cc3)N(C)C2=O)cc(OCC)c1OCc1ccccc1C#N. The molecule has 0 spiro atoms. The number of nitriles is 1. The van der Waals surface area contributed by atoms with Crippen molar-refractivity contribution in [3.05, 3.63) is 106 Å². The van der Waals surface area contributed by atoms with Gasteiger partial charge in [-0.15, -0.1) is 6.58 Å². The Bertz CT molecular complexity index is 1550. The number of ether oxygens (including phenoxy) is 2. The van der Waals surface area contributed by atoms with E-state index in [1.807, 2.05) is 37.3 Å². The molecule has 0 aromatic heterocycles. The summed E-state index contributed by atoms with van der Waals surface area (Å²) in [5.74, 6) is -0.134. The molecule has 1 saturated heterocycles. The van der Waals surface area contributed by atoms with Crippen molar-refractivity contribution in [3.63, 3.8) is 0 Å². The maximum atomic E-state index is 13.0. The molecule has 1 fully saturated rings. The van der Waals surface area contributed by atoms with Crippen LogP contribution in [-0.4, -0.2) is 40.7 Å². The number of carboxylic acid groups (broad SMARTS) is 1. The van der Waals surface area contributed by atoms with Crippen LogP contribution >= 0.6 is 11.8 Å². The van der Waals surface area contributed by atoms with Gasteiger partial charge in [0, 0.05) is 18.2 Å². The van der Waals surface area contributed by atoms with Crippen molar-refractivity contribution in [1.29, 1.82) is 5.26 Å². The third-order valence-corrected chi connectivity index (χ3v) is 7.03. The molecule has 0 bridgehead atoms. The Morgan fingerprint density at radius 2 is 1.90 bits per heavy atom. The average Bonchev–Trinajstić information content (AvgIpc) is 3.20. The highest BCUT2D eigenvalue weighted by molar-refractivity contribution is 8.18. The van der Waals surface area contributed by atoms with E-state index in [1.54, 1.807) is 37.4 Å². The maximum absolute atomic E-state index is 13.0. The molecule has 202 valence electrons. The van der Waals surface area contributed by atoms with E-state index in [1.165, 1.54) is 28.8 Å². The number of hydrogen-bond acceptors (Lipinski definition) is 7. The van der Waals surface area contributed by atoms with Crippen molar-refractivity contribution in [1.82, 2.24) is 4.90 Å². The van der Waals surface area contributed by atoms with Gasteiger partial charge in [0.05, 0.1) is 34.4 Å². The number of allylic oxidation sites excluding steroid dienone is 1. The van der Waals surface area contributed by atoms with E-state index < -0.39 is 5.97 Å². The number of rotatable bonds is 10. The summed E-state index contributed by atoms with van der Waals surface area (Å²) in [6.45, 7) is 6.35. The summed E-state index contributed by atoms with van der Waals surface area (Å²) in [6, 6.07) is 19.3. The van der Waals surface area contributed by atoms with Crippen LogP contribution in [0.4, 0.5) is 5.69 Å². The highest BCUT2D eigenvalue weighted by Crippen LogP contribution is 2.38. The molecule has 0 unspecified atom stereocenters. The number of amides is 1. The molecule has 40 heavy (non-hydrogen) atoms. The van der Waals surface area contributed by atoms with Crippen molar-refractivity contribution in [2.24, 2.45) is 4.99 Å². The zero-order valence-electron chi connectivity index (χ0n) is 22.1. The fourth-order valence-electron chi connectivity index (χ4n) is 4.00. The van der Waals surface area contributed by atoms with E-state index in [9.17, 15) is 14.9 Å². The van der Waals surface area contributed by atoms with E-state index >= 15 is 0 Å². The smallest absolute Gasteiger partial charge is 0.335 e. The Morgan fingerprint density at radius 1 is 1.15 bits per heavy atom. The largest absolute Gasteiger partial charge is 0.490 e. The van der Waals surface area contributed by atoms with Gasteiger partial charge in [0.25, 0.3) is 5.91 Å². The topological polar surface area (TPSA) is 112 Å². The van der Waals surface area contributed by atoms with Gasteiger partial charge in [0.2, 0.25) is 0 Å². The normalized spacial score (nSPS) is 14.8. The molecule has 8 nitrogen and oxygen atoms in total. The molecule has 1 aliphatic heterocycles. The van der Waals surface area contributed by atoms with Gasteiger partial charge in [0.15, 0.2) is 16.7 Å². The molecule has 3 aromatic carbocycles. The second kappa shape index (κ2) is 12.8. The van der Waals surface area contributed by atoms with Gasteiger partial charge in [-0.3, -0.25) is 9.69 Å². The summed E-state index contributed by atoms with van der Waals surface area (Å²) in [6.07, 6.45) is 4.05. The van der Waals surface area contributed by atoms with E-state index in [2.05, 4.69) is 17.6 Å². The Hall–Kier alpha value is -4.81. The number of benzene rings is 3. The number of nitrogens with zero attached hydrogens (tertiary/aromatic N) is 3. The van der Waals surface area contributed by atoms with Crippen LogP contribution in [0.25, 0.3) is 6.08 Å². The number of carbonyl (C=O) groups is 2. The summed E-state index contributed by atoms with van der Waals surface area (Å²) < 4.78 is 12.1. The molecule has 0 aliphatic carbocycles. The summed E-state index contributed by atoms with van der Waals surface area (Å²) in [4.78, 5) is 30.6. The first-order valence-corrected chi connectivity index (χ1v) is 13.3. The lowest BCUT2D eigenvalue weighted by Crippen LogP contribution is -2.23. The van der Waals surface area contributed by atoms with Crippen LogP contribution in [0.5, 0.6) is 11.5 Å². The monoisotopic (exact) mass is 553 g/mol. The molecule has 1 aliphatic rings. The number of aliphatic imine (C=N–C) groups is 1. The van der Waals surface area contributed by atoms with E-state index in [4.69, 9.17) is 14.6 Å². The van der Waals surface area contributed by atoms with Crippen molar-refractivity contribution >= 4 is 40.6 Å². The molecule has 1 N–H and O–H groups in total. The first kappa shape index (κ1) is 28.2. The van der Waals surface area contributed by atoms with Crippen LogP contribution in [0.15, 0.2) is 83.2 Å². The zero-order chi connectivity index (χ0) is 28.6. The van der Waals surface area contributed by atoms with Gasteiger partial charge < -0.3 is 14.6 Å². The molecular formula is C31H27N3O5S. The van der Waals surface area contributed by atoms with Crippen molar-refractivity contribution < 1.29 is 24.2 Å². The predicted octanol–water partition coefficient (Wildman–Crippen LogP) is 6.20. The highest BCUT2D eigenvalue weighted by atomic mass is 32.2. The summed E-state index contributed by atoms with van der Waals surface area (Å²) in [7, 11) is 1.64. The Kier molecular flexibility index (Phi) is 9.04. The summed E-state index contributed by atoms with van der Waals surface area (Å²) >= 11 is 1.23. The lowest BCUT2D eigenvalue weighted by Gasteiger charge is -2.17. The minimum Gasteiger partial charge on any atom is -0.490 e. The van der Waals surface area contributed by atoms with E-state index in [0.29, 0.717) is 45.9 Å². The third kappa shape index (κ3) is 6.42. The van der Waals surface area contributed by atoms with E-state index in [0.717, 1.165) is 16.7 Å². The Balaban J connectivity index is 1.64. The molecule has 1 heterocycles. The number of carbonyl (C=O) groups excluding carboxylic acids is 1. The summed E-state index contributed by atoms with van der Waals surface area (Å²) in [5, 5.41) is 19.0. The van der Waals surface area contributed by atoms with Gasteiger partial charge in [0.1, 0.15) is 6.61 Å². The van der Waals surface area contributed by atoms with Gasteiger partial charge in [-0.25, -0.2) is 9.79 Å². The molecule has 1 amide bonds. The first-order chi connectivity index (χ1) is 19.3. The molecule has 3 aromatic rings. The fraction of sp³-hybridized carbons (Fsp3) is 0.161. The standard InChI is InChI=1S/C31H27N3O5S/c1-4-8-22-15-20(16-26(38-5-2)28(22)39-19-24-10-7-6-9-23(24)18-32)17-27-29(35)34(3)31(40-27)33-25-13-11-21(12-14-25)30(36)37/h4,6-7,9-17H,1,5,8,19H2,2-3H3,(H,36,37)/b27-17-,33-31?. The maximum Gasteiger partial charge on any atom is 0.335 e. The minimum atomic E-state index is -1.02. The fourth-order valence-corrected chi connectivity index (χ4v) is 4.98. The van der Waals surface area contributed by atoms with Crippen LogP contribution in [0.2, 0.25) is 0 Å². The molecule has 0 atom stereocenters. The first-order valence-electron chi connectivity index (χ1n) is 12.5. The number of likely N-dealkylation sites (N-methyl/N-ethyl adjacent to an activating group) is 1. The van der Waals surface area contributed by atoms with E-state index in [-0.39, 0.29) is 18.1 Å². The van der Waals surface area contributed by atoms with Crippen molar-refractivity contribution in [2.45, 2.75) is 20.0 Å². The quantitative estimate of drug-likeness (QED) is 0.235. The third-order valence-electron chi connectivity index (χ3n) is 5.97. The Labute approximate surface area is 236 Å². The van der Waals surface area contributed by atoms with Gasteiger partial charge in [-0.1, -0.05) is 24.3 Å². The highest BCUT2D eigenvalue weighted by Gasteiger charge is 2.30. The summed E-state index contributed by atoms with van der Waals surface area (Å²) in [5.41, 5.74) is 3.60. The average molecular weight is 554 g/mol. The second-order valence-electron chi connectivity index (χ2n) is 8.71. The predicted molar refractivity (Wildman–Crippen MR) is 156 cm³/mol. The zero-order valence-corrected chi connectivity index (χ0v) is 22.9. The molecule has 9 heteroatoms. The van der Waals surface area contributed by atoms with Crippen LogP contribution < -0.4 is 9.47 Å². The number of carboxylic acids is 1. The van der Waals surface area contributed by atoms with Crippen LogP contribution in [0.1, 0.15) is 39.5 Å². The van der Waals surface area contributed by atoms with Gasteiger partial charge in [-0.05, 0) is 79.2 Å². The minimum absolute atomic E-state index is 0.162. The molecule has 4 rings (SSSR count). The van der Waals surface area contributed by atoms with Crippen LogP contribution in [0.3, 0.4) is 0 Å². The van der Waals surface area contributed by atoms with Crippen LogP contribution in [-0.2, 0) is 17.8 Å². The lowest BCUT2D eigenvalue weighted by atomic mass is 10.0. The van der Waals surface area contributed by atoms with Gasteiger partial charge in [-0.2, -0.15) is 5.26 Å². The number of thioether (sulfide) groups is 1. The molecular weight excluding hydrogens is 526 g/mol. The molecule has 0 radical (unpaired) electrons. The number of amidine groups is 1. The Morgan fingerprint density at radius 3 is 2.58 bits per heavy atom. The van der Waals surface area contributed by atoms with Crippen molar-refractivity contribution in [3.8, 4) is 17.6 Å². The van der Waals surface area contributed by atoms with Crippen LogP contribution in [0, 0.1) is 11.3 Å². The lowest BCUT2D eigenvalue weighted by molar-refractivity contribution is -0.121.